The fourth-order valence-corrected chi connectivity index (χ4v) is 0.622. The zero-order chi connectivity index (χ0) is 7.40. The fourth-order valence-electron chi connectivity index (χ4n) is 0.622. The topological polar surface area (TPSA) is 72.3 Å². The molecule has 5 heteroatoms. The normalized spacial score (nSPS) is 27.7. The molecule has 0 radical (unpaired) electrons. The zero-order valence-electron chi connectivity index (χ0n) is 5.56. The number of ether oxygens (including phenoxy) is 1. The maximum atomic E-state index is 5.00. The van der Waals surface area contributed by atoms with Gasteiger partial charge >= 0.3 is 0 Å². The van der Waals surface area contributed by atoms with Crippen molar-refractivity contribution in [2.75, 3.05) is 7.11 Å². The molecule has 10 heavy (non-hydrogen) atoms. The summed E-state index contributed by atoms with van der Waals surface area (Å²) < 4.78 is 4.92. The van der Waals surface area contributed by atoms with E-state index in [1.807, 2.05) is 0 Å². The molecule has 1 aliphatic heterocycles. The monoisotopic (exact) mass is 140 g/mol. The Morgan fingerprint density at radius 1 is 1.80 bits per heavy atom. The molecule has 1 rings (SSSR count). The van der Waals surface area contributed by atoms with Crippen molar-refractivity contribution in [1.29, 1.82) is 0 Å². The Kier molecular flexibility index (Phi) is 2.11. The van der Waals surface area contributed by atoms with Gasteiger partial charge in [-0.15, -0.1) is 0 Å². The third-order valence-corrected chi connectivity index (χ3v) is 1.12. The van der Waals surface area contributed by atoms with Crippen LogP contribution in [0.2, 0.25) is 0 Å². The van der Waals surface area contributed by atoms with Crippen LogP contribution in [0.25, 0.3) is 0 Å². The van der Waals surface area contributed by atoms with Gasteiger partial charge in [0.05, 0.1) is 0 Å². The molecular formula is C5H8N4O. The number of nitrogens with two attached hydrogens (primary N) is 1. The molecule has 2 N–H and O–H groups in total. The molecule has 0 aliphatic carbocycles. The van der Waals surface area contributed by atoms with Crippen molar-refractivity contribution >= 4 is 18.4 Å². The SMILES string of the molecule is COC1C=NC=N/C1=N/N. The number of methoxy groups -OCH3 is 1. The van der Waals surface area contributed by atoms with Gasteiger partial charge in [-0.25, -0.2) is 9.98 Å². The molecule has 0 bridgehead atoms. The van der Waals surface area contributed by atoms with Gasteiger partial charge in [0.25, 0.3) is 0 Å². The molecular weight excluding hydrogens is 132 g/mol. The van der Waals surface area contributed by atoms with E-state index >= 15 is 0 Å². The summed E-state index contributed by atoms with van der Waals surface area (Å²) in [6, 6.07) is 0. The lowest BCUT2D eigenvalue weighted by Crippen LogP contribution is -2.26. The van der Waals surface area contributed by atoms with Gasteiger partial charge < -0.3 is 10.6 Å². The molecule has 0 aromatic heterocycles. The van der Waals surface area contributed by atoms with Crippen molar-refractivity contribution in [3.63, 3.8) is 0 Å². The summed E-state index contributed by atoms with van der Waals surface area (Å²) in [5.74, 6) is 5.44. The molecule has 0 fully saturated rings. The van der Waals surface area contributed by atoms with Crippen molar-refractivity contribution < 1.29 is 4.74 Å². The van der Waals surface area contributed by atoms with E-state index in [0.717, 1.165) is 0 Å². The molecule has 0 amide bonds. The highest BCUT2D eigenvalue weighted by atomic mass is 16.5. The molecule has 1 unspecified atom stereocenters. The standard InChI is InChI=1S/C5H8N4O/c1-10-4-2-7-3-8-5(4)9-6/h2-4H,6H2,1H3/b9-5+. The number of nitrogens with zero attached hydrogens (tertiary/aromatic N) is 3. The van der Waals surface area contributed by atoms with E-state index < -0.39 is 0 Å². The second-order valence-electron chi connectivity index (χ2n) is 1.69. The second kappa shape index (κ2) is 3.07. The summed E-state index contributed by atoms with van der Waals surface area (Å²) in [6.45, 7) is 0. The van der Waals surface area contributed by atoms with E-state index in [9.17, 15) is 0 Å². The van der Waals surface area contributed by atoms with Crippen LogP contribution in [0.3, 0.4) is 0 Å². The number of hydrazone groups is 1. The van der Waals surface area contributed by atoms with Gasteiger partial charge in [-0.1, -0.05) is 0 Å². The quantitative estimate of drug-likeness (QED) is 0.389. The van der Waals surface area contributed by atoms with E-state index in [1.165, 1.54) is 6.34 Å². The van der Waals surface area contributed by atoms with Gasteiger partial charge in [-0.3, -0.25) is 0 Å². The Hall–Kier alpha value is -1.23. The van der Waals surface area contributed by atoms with Crippen molar-refractivity contribution in [3.05, 3.63) is 0 Å². The van der Waals surface area contributed by atoms with E-state index in [4.69, 9.17) is 10.6 Å². The molecule has 0 aromatic rings. The van der Waals surface area contributed by atoms with Crippen LogP contribution in [0.15, 0.2) is 15.1 Å². The van der Waals surface area contributed by atoms with Crippen LogP contribution < -0.4 is 5.84 Å². The first-order chi connectivity index (χ1) is 4.88. The lowest BCUT2D eigenvalue weighted by molar-refractivity contribution is 0.206. The van der Waals surface area contributed by atoms with Crippen LogP contribution in [-0.4, -0.2) is 31.6 Å². The predicted molar refractivity (Wildman–Crippen MR) is 39.4 cm³/mol. The Morgan fingerprint density at radius 3 is 3.10 bits per heavy atom. The average Bonchev–Trinajstić information content (AvgIpc) is 2.04. The first-order valence-electron chi connectivity index (χ1n) is 2.75. The number of rotatable bonds is 1. The highest BCUT2D eigenvalue weighted by Gasteiger charge is 2.13. The molecule has 0 saturated heterocycles. The highest BCUT2D eigenvalue weighted by Crippen LogP contribution is 1.95. The minimum absolute atomic E-state index is 0.296. The van der Waals surface area contributed by atoms with Crippen molar-refractivity contribution in [3.8, 4) is 0 Å². The summed E-state index contributed by atoms with van der Waals surface area (Å²) >= 11 is 0. The maximum absolute atomic E-state index is 5.00. The number of hydrogen-bond donors (Lipinski definition) is 1. The largest absolute Gasteiger partial charge is 0.368 e. The third kappa shape index (κ3) is 1.19. The van der Waals surface area contributed by atoms with Crippen molar-refractivity contribution in [2.24, 2.45) is 20.9 Å². The third-order valence-electron chi connectivity index (χ3n) is 1.12. The van der Waals surface area contributed by atoms with Crippen LogP contribution in [-0.2, 0) is 4.74 Å². The van der Waals surface area contributed by atoms with E-state index in [-0.39, 0.29) is 6.10 Å². The van der Waals surface area contributed by atoms with Gasteiger partial charge in [0.15, 0.2) is 11.9 Å². The maximum Gasteiger partial charge on any atom is 0.183 e. The van der Waals surface area contributed by atoms with E-state index in [2.05, 4.69) is 15.1 Å². The summed E-state index contributed by atoms with van der Waals surface area (Å²) in [4.78, 5) is 7.53. The predicted octanol–water partition coefficient (Wildman–Crippen LogP) is -0.614. The van der Waals surface area contributed by atoms with Crippen molar-refractivity contribution in [2.45, 2.75) is 6.10 Å². The summed E-state index contributed by atoms with van der Waals surface area (Å²) in [5, 5.41) is 3.40. The Labute approximate surface area is 58.3 Å². The van der Waals surface area contributed by atoms with Crippen LogP contribution in [0.5, 0.6) is 0 Å². The van der Waals surface area contributed by atoms with Gasteiger partial charge in [0.2, 0.25) is 0 Å². The lowest BCUT2D eigenvalue weighted by Gasteiger charge is -2.09. The smallest absolute Gasteiger partial charge is 0.183 e. The summed E-state index contributed by atoms with van der Waals surface area (Å²) in [5.41, 5.74) is 0. The Balaban J connectivity index is 2.74. The molecule has 1 atom stereocenters. The molecule has 0 spiro atoms. The van der Waals surface area contributed by atoms with Gasteiger partial charge in [-0.05, 0) is 0 Å². The fraction of sp³-hybridized carbons (Fsp3) is 0.400. The second-order valence-corrected chi connectivity index (χ2v) is 1.69. The molecule has 1 aliphatic rings. The molecule has 54 valence electrons. The molecule has 1 heterocycles. The number of aliphatic imine (C=N–C) groups is 2. The van der Waals surface area contributed by atoms with Gasteiger partial charge in [0, 0.05) is 13.3 Å². The number of amidine groups is 1. The Morgan fingerprint density at radius 2 is 2.60 bits per heavy atom. The minimum atomic E-state index is -0.296. The van der Waals surface area contributed by atoms with Gasteiger partial charge in [-0.2, -0.15) is 5.10 Å². The first kappa shape index (κ1) is 6.88. The molecule has 0 aromatic carbocycles. The number of hydrogen-bond acceptors (Lipinski definition) is 4. The summed E-state index contributed by atoms with van der Waals surface area (Å²) in [7, 11) is 1.54. The van der Waals surface area contributed by atoms with Crippen LogP contribution in [0, 0.1) is 0 Å². The lowest BCUT2D eigenvalue weighted by atomic mass is 10.3. The van der Waals surface area contributed by atoms with Crippen molar-refractivity contribution in [1.82, 2.24) is 0 Å². The highest BCUT2D eigenvalue weighted by molar-refractivity contribution is 6.07. The zero-order valence-corrected chi connectivity index (χ0v) is 5.56. The van der Waals surface area contributed by atoms with Crippen LogP contribution in [0.1, 0.15) is 0 Å². The molecule has 0 saturated carbocycles. The Bertz CT molecular complexity index is 196. The van der Waals surface area contributed by atoms with Gasteiger partial charge in [0.1, 0.15) is 6.34 Å². The minimum Gasteiger partial charge on any atom is -0.368 e. The van der Waals surface area contributed by atoms with Crippen LogP contribution >= 0.6 is 0 Å². The van der Waals surface area contributed by atoms with E-state index in [0.29, 0.717) is 5.84 Å². The van der Waals surface area contributed by atoms with E-state index in [1.54, 1.807) is 13.3 Å². The van der Waals surface area contributed by atoms with Crippen LogP contribution in [0.4, 0.5) is 0 Å². The average molecular weight is 140 g/mol. The first-order valence-corrected chi connectivity index (χ1v) is 2.75. The molecule has 5 nitrogen and oxygen atoms in total. The summed E-state index contributed by atoms with van der Waals surface area (Å²) in [6.07, 6.45) is 2.66.